The number of anilines is 1. The fourth-order valence-corrected chi connectivity index (χ4v) is 2.40. The van der Waals surface area contributed by atoms with Gasteiger partial charge in [-0.1, -0.05) is 23.7 Å². The molecule has 0 atom stereocenters. The fourth-order valence-electron chi connectivity index (χ4n) is 1.95. The van der Waals surface area contributed by atoms with E-state index in [4.69, 9.17) is 33.3 Å². The predicted octanol–water partition coefficient (Wildman–Crippen LogP) is 3.13. The smallest absolute Gasteiger partial charge is 0.269 e. The molecule has 2 aromatic rings. The van der Waals surface area contributed by atoms with Crippen LogP contribution in [0, 0.1) is 5.82 Å². The van der Waals surface area contributed by atoms with E-state index >= 15 is 0 Å². The van der Waals surface area contributed by atoms with Gasteiger partial charge in [0, 0.05) is 5.56 Å². The fraction of sp³-hybridized carbons (Fsp3) is 0.125. The Bertz CT molecular complexity index is 804. The lowest BCUT2D eigenvalue weighted by Gasteiger charge is -2.14. The number of halogens is 2. The number of hydrogen-bond acceptors (Lipinski definition) is 4. The molecule has 0 spiro atoms. The summed E-state index contributed by atoms with van der Waals surface area (Å²) in [6, 6.07) is 8.90. The Kier molecular flexibility index (Phi) is 6.37. The van der Waals surface area contributed by atoms with E-state index in [1.807, 2.05) is 0 Å². The maximum Gasteiger partial charge on any atom is 0.269 e. The number of methoxy groups -OCH3 is 2. The number of hydrogen-bond donors (Lipinski definition) is 3. The normalized spacial score (nSPS) is 9.92. The van der Waals surface area contributed by atoms with Crippen LogP contribution in [-0.4, -0.2) is 25.2 Å². The van der Waals surface area contributed by atoms with E-state index in [1.165, 1.54) is 38.5 Å². The molecule has 0 fully saturated rings. The molecule has 0 saturated heterocycles. The van der Waals surface area contributed by atoms with Crippen molar-refractivity contribution in [2.24, 2.45) is 0 Å². The number of amides is 1. The highest BCUT2D eigenvalue weighted by atomic mass is 35.5. The first-order valence-electron chi connectivity index (χ1n) is 6.99. The predicted molar refractivity (Wildman–Crippen MR) is 97.8 cm³/mol. The summed E-state index contributed by atoms with van der Waals surface area (Å²) < 4.78 is 23.8. The summed E-state index contributed by atoms with van der Waals surface area (Å²) in [5, 5.41) is 2.87. The Labute approximate surface area is 154 Å². The second-order valence-corrected chi connectivity index (χ2v) is 5.52. The Hall–Kier alpha value is -2.58. The molecule has 0 bridgehead atoms. The number of ether oxygens (including phenoxy) is 2. The lowest BCUT2D eigenvalue weighted by atomic mass is 10.2. The zero-order chi connectivity index (χ0) is 18.4. The van der Waals surface area contributed by atoms with Crippen LogP contribution in [0.25, 0.3) is 0 Å². The van der Waals surface area contributed by atoms with Gasteiger partial charge in [0.2, 0.25) is 0 Å². The van der Waals surface area contributed by atoms with E-state index in [9.17, 15) is 9.18 Å². The van der Waals surface area contributed by atoms with E-state index in [2.05, 4.69) is 16.2 Å². The number of para-hydroxylation sites is 1. The maximum atomic E-state index is 13.5. The van der Waals surface area contributed by atoms with Gasteiger partial charge in [-0.3, -0.25) is 15.6 Å². The summed E-state index contributed by atoms with van der Waals surface area (Å²) in [5.74, 6) is -0.345. The highest BCUT2D eigenvalue weighted by Crippen LogP contribution is 2.35. The van der Waals surface area contributed by atoms with Crippen molar-refractivity contribution in [1.82, 2.24) is 10.9 Å². The Morgan fingerprint density at radius 3 is 2.52 bits per heavy atom. The maximum absolute atomic E-state index is 13.5. The van der Waals surface area contributed by atoms with Gasteiger partial charge in [0.15, 0.2) is 16.6 Å². The molecule has 0 radical (unpaired) electrons. The first-order valence-corrected chi connectivity index (χ1v) is 7.78. The van der Waals surface area contributed by atoms with Crippen LogP contribution in [0.5, 0.6) is 11.5 Å². The van der Waals surface area contributed by atoms with Crippen molar-refractivity contribution in [2.75, 3.05) is 19.5 Å². The Morgan fingerprint density at radius 2 is 1.88 bits per heavy atom. The number of benzene rings is 2. The largest absolute Gasteiger partial charge is 0.493 e. The van der Waals surface area contributed by atoms with Gasteiger partial charge in [0.25, 0.3) is 5.91 Å². The lowest BCUT2D eigenvalue weighted by Crippen LogP contribution is -2.43. The number of nitrogens with one attached hydrogen (secondary N) is 3. The van der Waals surface area contributed by atoms with Crippen LogP contribution in [-0.2, 0) is 0 Å². The van der Waals surface area contributed by atoms with Crippen molar-refractivity contribution in [3.8, 4) is 11.5 Å². The summed E-state index contributed by atoms with van der Waals surface area (Å²) in [7, 11) is 2.87. The minimum Gasteiger partial charge on any atom is -0.493 e. The second-order valence-electron chi connectivity index (χ2n) is 4.71. The zero-order valence-corrected chi connectivity index (χ0v) is 14.9. The van der Waals surface area contributed by atoms with Crippen LogP contribution in [0.1, 0.15) is 10.4 Å². The number of carbonyl (C=O) groups is 1. The van der Waals surface area contributed by atoms with Crippen LogP contribution < -0.4 is 25.6 Å². The minimum atomic E-state index is -0.513. The quantitative estimate of drug-likeness (QED) is 0.556. The third-order valence-corrected chi connectivity index (χ3v) is 3.59. The van der Waals surface area contributed by atoms with Gasteiger partial charge < -0.3 is 14.8 Å². The lowest BCUT2D eigenvalue weighted by molar-refractivity contribution is 0.0944. The van der Waals surface area contributed by atoms with Crippen LogP contribution in [0.3, 0.4) is 0 Å². The summed E-state index contributed by atoms with van der Waals surface area (Å²) >= 11 is 11.1. The summed E-state index contributed by atoms with van der Waals surface area (Å²) in [4.78, 5) is 12.2. The second kappa shape index (κ2) is 8.50. The molecule has 2 aromatic carbocycles. The van der Waals surface area contributed by atoms with Gasteiger partial charge in [-0.05, 0) is 36.5 Å². The summed E-state index contributed by atoms with van der Waals surface area (Å²) in [5.41, 5.74) is 5.27. The van der Waals surface area contributed by atoms with Crippen molar-refractivity contribution in [3.05, 3.63) is 52.8 Å². The molecule has 6 nitrogen and oxygen atoms in total. The topological polar surface area (TPSA) is 71.6 Å². The first kappa shape index (κ1) is 18.8. The Balaban J connectivity index is 2.01. The average molecular weight is 384 g/mol. The van der Waals surface area contributed by atoms with E-state index in [0.29, 0.717) is 11.5 Å². The van der Waals surface area contributed by atoms with Crippen molar-refractivity contribution in [1.29, 1.82) is 0 Å². The molecular formula is C16H15ClFN3O3S. The minimum absolute atomic E-state index is 0.0185. The monoisotopic (exact) mass is 383 g/mol. The van der Waals surface area contributed by atoms with Crippen LogP contribution in [0.15, 0.2) is 36.4 Å². The molecule has 0 unspecified atom stereocenters. The molecule has 9 heteroatoms. The van der Waals surface area contributed by atoms with Crippen LogP contribution in [0.4, 0.5) is 10.1 Å². The highest BCUT2D eigenvalue weighted by Gasteiger charge is 2.15. The highest BCUT2D eigenvalue weighted by molar-refractivity contribution is 7.80. The third kappa shape index (κ3) is 4.71. The number of carbonyl (C=O) groups excluding carboxylic acids is 1. The van der Waals surface area contributed by atoms with Crippen molar-refractivity contribution >= 4 is 40.5 Å². The van der Waals surface area contributed by atoms with Crippen molar-refractivity contribution in [3.63, 3.8) is 0 Å². The van der Waals surface area contributed by atoms with E-state index in [-0.39, 0.29) is 21.4 Å². The number of thiocarbonyl (C=S) groups is 1. The molecule has 25 heavy (non-hydrogen) atoms. The standard InChI is InChI=1S/C16H15ClFN3O3S/c1-23-13-8-9(7-10(17)14(13)24-2)15(22)20-21-16(25)19-12-6-4-3-5-11(12)18/h3-8H,1-2H3,(H,20,22)(H2,19,21,25). The van der Waals surface area contributed by atoms with Crippen LogP contribution >= 0.6 is 23.8 Å². The molecule has 0 heterocycles. The van der Waals surface area contributed by atoms with Gasteiger partial charge in [-0.2, -0.15) is 0 Å². The van der Waals surface area contributed by atoms with Gasteiger partial charge in [0.1, 0.15) is 5.82 Å². The summed E-state index contributed by atoms with van der Waals surface area (Å²) in [6.45, 7) is 0. The molecular weight excluding hydrogens is 369 g/mol. The molecule has 2 rings (SSSR count). The molecule has 3 N–H and O–H groups in total. The van der Waals surface area contributed by atoms with Crippen molar-refractivity contribution in [2.45, 2.75) is 0 Å². The molecule has 0 aromatic heterocycles. The van der Waals surface area contributed by atoms with Crippen molar-refractivity contribution < 1.29 is 18.7 Å². The number of rotatable bonds is 4. The van der Waals surface area contributed by atoms with Gasteiger partial charge in [-0.15, -0.1) is 0 Å². The molecule has 132 valence electrons. The molecule has 0 saturated carbocycles. The van der Waals surface area contributed by atoms with E-state index < -0.39 is 11.7 Å². The SMILES string of the molecule is COc1cc(C(=O)NNC(=S)Nc2ccccc2F)cc(Cl)c1OC. The van der Waals surface area contributed by atoms with Gasteiger partial charge in [0.05, 0.1) is 24.9 Å². The average Bonchev–Trinajstić information content (AvgIpc) is 2.60. The van der Waals surface area contributed by atoms with Gasteiger partial charge in [-0.25, -0.2) is 4.39 Å². The Morgan fingerprint density at radius 1 is 1.16 bits per heavy atom. The molecule has 0 aliphatic carbocycles. The summed E-state index contributed by atoms with van der Waals surface area (Å²) in [6.07, 6.45) is 0. The molecule has 0 aliphatic rings. The zero-order valence-electron chi connectivity index (χ0n) is 13.4. The number of hydrazine groups is 1. The van der Waals surface area contributed by atoms with Gasteiger partial charge >= 0.3 is 0 Å². The van der Waals surface area contributed by atoms with E-state index in [0.717, 1.165) is 0 Å². The molecule has 0 aliphatic heterocycles. The van der Waals surface area contributed by atoms with E-state index in [1.54, 1.807) is 12.1 Å². The van der Waals surface area contributed by atoms with Crippen LogP contribution in [0.2, 0.25) is 5.02 Å². The molecule has 1 amide bonds. The third-order valence-electron chi connectivity index (χ3n) is 3.11. The first-order chi connectivity index (χ1) is 12.0.